The lowest BCUT2D eigenvalue weighted by Crippen LogP contribution is -2.02. The summed E-state index contributed by atoms with van der Waals surface area (Å²) >= 11 is 5.97. The van der Waals surface area contributed by atoms with Crippen LogP contribution in [0, 0.1) is 6.92 Å². The van der Waals surface area contributed by atoms with E-state index < -0.39 is 0 Å². The molecule has 0 atom stereocenters. The first-order chi connectivity index (χ1) is 9.62. The highest BCUT2D eigenvalue weighted by Gasteiger charge is 2.06. The first-order valence-electron chi connectivity index (χ1n) is 6.06. The molecule has 0 aliphatic rings. The molecular weight excluding hydrogens is 278 g/mol. The second-order valence-electron chi connectivity index (χ2n) is 4.23. The number of aryl methyl sites for hydroxylation is 1. The van der Waals surface area contributed by atoms with Gasteiger partial charge >= 0.3 is 0 Å². The number of nitrogens with zero attached hydrogens (tertiary/aromatic N) is 2. The van der Waals surface area contributed by atoms with Gasteiger partial charge in [0.15, 0.2) is 5.82 Å². The van der Waals surface area contributed by atoms with Gasteiger partial charge in [-0.3, -0.25) is 0 Å². The Morgan fingerprint density at radius 2 is 2.00 bits per heavy atom. The minimum Gasteiger partial charge on any atom is -0.497 e. The summed E-state index contributed by atoms with van der Waals surface area (Å²) in [6.45, 7) is 2.31. The highest BCUT2D eigenvalue weighted by molar-refractivity contribution is 6.29. The van der Waals surface area contributed by atoms with E-state index >= 15 is 0 Å². The van der Waals surface area contributed by atoms with Crippen molar-refractivity contribution in [1.82, 2.24) is 9.97 Å². The van der Waals surface area contributed by atoms with Crippen LogP contribution in [0.1, 0.15) is 11.4 Å². The van der Waals surface area contributed by atoms with Gasteiger partial charge in [0.1, 0.15) is 23.3 Å². The van der Waals surface area contributed by atoms with Crippen LogP contribution in [-0.2, 0) is 11.3 Å². The quantitative estimate of drug-likeness (QED) is 0.857. The molecule has 2 rings (SSSR count). The molecule has 0 fully saturated rings. The fourth-order valence-corrected chi connectivity index (χ4v) is 1.96. The van der Waals surface area contributed by atoms with Crippen molar-refractivity contribution in [3.8, 4) is 5.75 Å². The minimum atomic E-state index is 0.316. The summed E-state index contributed by atoms with van der Waals surface area (Å²) in [5.74, 6) is 1.98. The number of nitrogens with one attached hydrogen (secondary N) is 1. The number of rotatable bonds is 5. The Labute approximate surface area is 122 Å². The number of ether oxygens (including phenoxy) is 2. The van der Waals surface area contributed by atoms with Crippen LogP contribution in [0.25, 0.3) is 0 Å². The van der Waals surface area contributed by atoms with Gasteiger partial charge in [0.25, 0.3) is 0 Å². The van der Waals surface area contributed by atoms with E-state index in [-0.39, 0.29) is 0 Å². The SMILES string of the molecule is COCc1nc(Cl)cc(Nc2ccc(OC)cc2C)n1. The largest absolute Gasteiger partial charge is 0.497 e. The second-order valence-corrected chi connectivity index (χ2v) is 4.62. The molecule has 1 aromatic carbocycles. The molecule has 0 amide bonds. The maximum Gasteiger partial charge on any atom is 0.158 e. The molecule has 5 nitrogen and oxygen atoms in total. The van der Waals surface area contributed by atoms with Crippen molar-refractivity contribution in [3.63, 3.8) is 0 Å². The highest BCUT2D eigenvalue weighted by atomic mass is 35.5. The van der Waals surface area contributed by atoms with Crippen molar-refractivity contribution in [2.24, 2.45) is 0 Å². The number of hydrogen-bond acceptors (Lipinski definition) is 5. The van der Waals surface area contributed by atoms with Crippen LogP contribution in [0.2, 0.25) is 5.15 Å². The van der Waals surface area contributed by atoms with Crippen LogP contribution in [0.4, 0.5) is 11.5 Å². The fourth-order valence-electron chi connectivity index (χ4n) is 1.76. The third-order valence-corrected chi connectivity index (χ3v) is 2.90. The number of anilines is 2. The van der Waals surface area contributed by atoms with Crippen LogP contribution < -0.4 is 10.1 Å². The zero-order valence-corrected chi connectivity index (χ0v) is 12.4. The Morgan fingerprint density at radius 1 is 1.20 bits per heavy atom. The minimum absolute atomic E-state index is 0.316. The third kappa shape index (κ3) is 3.59. The zero-order valence-electron chi connectivity index (χ0n) is 11.6. The molecule has 106 valence electrons. The summed E-state index contributed by atoms with van der Waals surface area (Å²) in [4.78, 5) is 8.42. The summed E-state index contributed by atoms with van der Waals surface area (Å²) in [6.07, 6.45) is 0. The average Bonchev–Trinajstić information content (AvgIpc) is 2.41. The molecule has 0 spiro atoms. The summed E-state index contributed by atoms with van der Waals surface area (Å²) in [5, 5.41) is 3.59. The van der Waals surface area contributed by atoms with Gasteiger partial charge in [0.2, 0.25) is 0 Å². The van der Waals surface area contributed by atoms with Crippen LogP contribution >= 0.6 is 11.6 Å². The smallest absolute Gasteiger partial charge is 0.158 e. The molecule has 1 heterocycles. The van der Waals surface area contributed by atoms with Gasteiger partial charge in [-0.1, -0.05) is 11.6 Å². The standard InChI is InChI=1S/C14H16ClN3O2/c1-9-6-10(20-3)4-5-11(9)16-13-7-12(15)17-14(18-13)8-19-2/h4-7H,8H2,1-3H3,(H,16,17,18). The van der Waals surface area contributed by atoms with Crippen LogP contribution in [0.15, 0.2) is 24.3 Å². The molecule has 0 bridgehead atoms. The van der Waals surface area contributed by atoms with E-state index in [0.717, 1.165) is 17.0 Å². The summed E-state index contributed by atoms with van der Waals surface area (Å²) in [7, 11) is 3.23. The molecule has 0 saturated heterocycles. The predicted molar refractivity (Wildman–Crippen MR) is 78.8 cm³/mol. The van der Waals surface area contributed by atoms with Gasteiger partial charge in [0, 0.05) is 18.9 Å². The lowest BCUT2D eigenvalue weighted by atomic mass is 10.2. The van der Waals surface area contributed by atoms with Gasteiger partial charge in [-0.15, -0.1) is 0 Å². The van der Waals surface area contributed by atoms with E-state index in [1.807, 2.05) is 25.1 Å². The van der Waals surface area contributed by atoms with Crippen molar-refractivity contribution < 1.29 is 9.47 Å². The first-order valence-corrected chi connectivity index (χ1v) is 6.44. The third-order valence-electron chi connectivity index (χ3n) is 2.71. The molecule has 6 heteroatoms. The van der Waals surface area contributed by atoms with Crippen LogP contribution in [-0.4, -0.2) is 24.2 Å². The van der Waals surface area contributed by atoms with E-state index in [0.29, 0.717) is 23.4 Å². The molecule has 0 aliphatic carbocycles. The maximum atomic E-state index is 5.97. The van der Waals surface area contributed by atoms with E-state index in [1.54, 1.807) is 20.3 Å². The Kier molecular flexibility index (Phi) is 4.76. The monoisotopic (exact) mass is 293 g/mol. The normalized spacial score (nSPS) is 10.4. The number of hydrogen-bond donors (Lipinski definition) is 1. The molecule has 1 aromatic heterocycles. The number of benzene rings is 1. The van der Waals surface area contributed by atoms with Crippen LogP contribution in [0.3, 0.4) is 0 Å². The molecule has 1 N–H and O–H groups in total. The Bertz CT molecular complexity index is 605. The molecule has 0 radical (unpaired) electrons. The summed E-state index contributed by atoms with van der Waals surface area (Å²) < 4.78 is 10.2. The lowest BCUT2D eigenvalue weighted by Gasteiger charge is -2.11. The Hall–Kier alpha value is -1.85. The predicted octanol–water partition coefficient (Wildman–Crippen LogP) is 3.34. The molecular formula is C14H16ClN3O2. The summed E-state index contributed by atoms with van der Waals surface area (Å²) in [6, 6.07) is 7.43. The fraction of sp³-hybridized carbons (Fsp3) is 0.286. The lowest BCUT2D eigenvalue weighted by molar-refractivity contribution is 0.178. The second kappa shape index (κ2) is 6.54. The Balaban J connectivity index is 2.25. The molecule has 2 aromatic rings. The van der Waals surface area contributed by atoms with E-state index in [4.69, 9.17) is 21.1 Å². The molecule has 0 saturated carbocycles. The van der Waals surface area contributed by atoms with Crippen molar-refractivity contribution in [2.75, 3.05) is 19.5 Å². The van der Waals surface area contributed by atoms with E-state index in [1.165, 1.54) is 0 Å². The van der Waals surface area contributed by atoms with Gasteiger partial charge in [-0.2, -0.15) is 0 Å². The van der Waals surface area contributed by atoms with Crippen molar-refractivity contribution in [2.45, 2.75) is 13.5 Å². The van der Waals surface area contributed by atoms with Crippen molar-refractivity contribution in [1.29, 1.82) is 0 Å². The molecule has 0 unspecified atom stereocenters. The van der Waals surface area contributed by atoms with Gasteiger partial charge in [0.05, 0.1) is 7.11 Å². The van der Waals surface area contributed by atoms with Gasteiger partial charge in [-0.05, 0) is 30.7 Å². The average molecular weight is 294 g/mol. The van der Waals surface area contributed by atoms with Gasteiger partial charge < -0.3 is 14.8 Å². The van der Waals surface area contributed by atoms with Crippen molar-refractivity contribution in [3.05, 3.63) is 40.8 Å². The number of aromatic nitrogens is 2. The zero-order chi connectivity index (χ0) is 14.5. The van der Waals surface area contributed by atoms with Gasteiger partial charge in [-0.25, -0.2) is 9.97 Å². The molecule has 0 aliphatic heterocycles. The highest BCUT2D eigenvalue weighted by Crippen LogP contribution is 2.24. The maximum absolute atomic E-state index is 5.97. The number of methoxy groups -OCH3 is 2. The van der Waals surface area contributed by atoms with E-state index in [2.05, 4.69) is 15.3 Å². The summed E-state index contributed by atoms with van der Waals surface area (Å²) in [5.41, 5.74) is 1.98. The first kappa shape index (κ1) is 14.6. The molecule has 20 heavy (non-hydrogen) atoms. The Morgan fingerprint density at radius 3 is 2.65 bits per heavy atom. The van der Waals surface area contributed by atoms with Crippen molar-refractivity contribution >= 4 is 23.1 Å². The number of halogens is 1. The van der Waals surface area contributed by atoms with E-state index in [9.17, 15) is 0 Å². The topological polar surface area (TPSA) is 56.3 Å². The van der Waals surface area contributed by atoms with Crippen LogP contribution in [0.5, 0.6) is 5.75 Å².